The standard InChI is InChI=1S/C23H22O2/c1-16-14-15-20(18-10-6-4-7-11-18)21(17(16)2)22(23(24)25-3)19-12-8-5-9-13-19/h4-15,22H,1-3H3. The zero-order chi connectivity index (χ0) is 17.8. The molecule has 3 rings (SSSR count). The Morgan fingerprint density at radius 2 is 1.44 bits per heavy atom. The maximum atomic E-state index is 12.7. The first-order valence-electron chi connectivity index (χ1n) is 8.41. The summed E-state index contributed by atoms with van der Waals surface area (Å²) in [5.41, 5.74) is 6.43. The lowest BCUT2D eigenvalue weighted by Gasteiger charge is -2.23. The van der Waals surface area contributed by atoms with Crippen LogP contribution in [0.1, 0.15) is 28.2 Å². The van der Waals surface area contributed by atoms with E-state index in [0.29, 0.717) is 0 Å². The second-order valence-electron chi connectivity index (χ2n) is 6.20. The van der Waals surface area contributed by atoms with Crippen molar-refractivity contribution in [3.8, 4) is 11.1 Å². The van der Waals surface area contributed by atoms with Crippen LogP contribution in [0.15, 0.2) is 72.8 Å². The number of methoxy groups -OCH3 is 1. The highest BCUT2D eigenvalue weighted by molar-refractivity contribution is 5.87. The van der Waals surface area contributed by atoms with Gasteiger partial charge >= 0.3 is 5.97 Å². The Morgan fingerprint density at radius 1 is 0.840 bits per heavy atom. The summed E-state index contributed by atoms with van der Waals surface area (Å²) in [5.74, 6) is -0.682. The monoisotopic (exact) mass is 330 g/mol. The molecule has 0 aliphatic rings. The molecule has 0 aromatic heterocycles. The molecular formula is C23H22O2. The maximum Gasteiger partial charge on any atom is 0.317 e. The van der Waals surface area contributed by atoms with Gasteiger partial charge in [0.05, 0.1) is 7.11 Å². The van der Waals surface area contributed by atoms with Crippen molar-refractivity contribution in [1.82, 2.24) is 0 Å². The molecule has 0 N–H and O–H groups in total. The van der Waals surface area contributed by atoms with Gasteiger partial charge in [-0.1, -0.05) is 72.8 Å². The molecule has 0 spiro atoms. The third-order valence-corrected chi connectivity index (χ3v) is 4.73. The van der Waals surface area contributed by atoms with Crippen molar-refractivity contribution in [2.75, 3.05) is 7.11 Å². The average molecular weight is 330 g/mol. The van der Waals surface area contributed by atoms with E-state index in [-0.39, 0.29) is 5.97 Å². The summed E-state index contributed by atoms with van der Waals surface area (Å²) in [6, 6.07) is 24.2. The molecule has 2 heteroatoms. The van der Waals surface area contributed by atoms with E-state index in [1.165, 1.54) is 12.7 Å². The van der Waals surface area contributed by atoms with Gasteiger partial charge in [-0.2, -0.15) is 0 Å². The lowest BCUT2D eigenvalue weighted by molar-refractivity contribution is -0.141. The van der Waals surface area contributed by atoms with E-state index >= 15 is 0 Å². The molecule has 3 aromatic carbocycles. The fourth-order valence-corrected chi connectivity index (χ4v) is 3.26. The Bertz CT molecular complexity index is 867. The molecule has 126 valence electrons. The van der Waals surface area contributed by atoms with Crippen molar-refractivity contribution in [3.63, 3.8) is 0 Å². The van der Waals surface area contributed by atoms with Crippen LogP contribution in [0.4, 0.5) is 0 Å². The third-order valence-electron chi connectivity index (χ3n) is 4.73. The van der Waals surface area contributed by atoms with Crippen LogP contribution >= 0.6 is 0 Å². The largest absolute Gasteiger partial charge is 0.468 e. The summed E-state index contributed by atoms with van der Waals surface area (Å²) in [5, 5.41) is 0. The molecule has 3 aromatic rings. The normalized spacial score (nSPS) is 11.8. The van der Waals surface area contributed by atoms with Crippen LogP contribution in [-0.2, 0) is 9.53 Å². The molecule has 0 radical (unpaired) electrons. The van der Waals surface area contributed by atoms with Crippen molar-refractivity contribution >= 4 is 5.97 Å². The van der Waals surface area contributed by atoms with Crippen molar-refractivity contribution in [3.05, 3.63) is 95.1 Å². The van der Waals surface area contributed by atoms with Crippen molar-refractivity contribution in [2.24, 2.45) is 0 Å². The molecule has 1 unspecified atom stereocenters. The fraction of sp³-hybridized carbons (Fsp3) is 0.174. The Kier molecular flexibility index (Phi) is 4.99. The molecule has 0 aliphatic heterocycles. The molecule has 25 heavy (non-hydrogen) atoms. The average Bonchev–Trinajstić information content (AvgIpc) is 2.67. The van der Waals surface area contributed by atoms with Crippen LogP contribution in [0, 0.1) is 13.8 Å². The molecule has 0 aliphatic carbocycles. The Hall–Kier alpha value is -2.87. The number of carbonyl (C=O) groups is 1. The minimum Gasteiger partial charge on any atom is -0.468 e. The molecule has 2 nitrogen and oxygen atoms in total. The molecule has 0 fully saturated rings. The Labute approximate surface area is 149 Å². The van der Waals surface area contributed by atoms with E-state index in [0.717, 1.165) is 27.8 Å². The first-order valence-corrected chi connectivity index (χ1v) is 8.41. The Balaban J connectivity index is 2.29. The molecule has 0 saturated heterocycles. The van der Waals surface area contributed by atoms with Crippen LogP contribution in [0.2, 0.25) is 0 Å². The van der Waals surface area contributed by atoms with Gasteiger partial charge in [0.25, 0.3) is 0 Å². The zero-order valence-corrected chi connectivity index (χ0v) is 14.8. The van der Waals surface area contributed by atoms with E-state index < -0.39 is 5.92 Å². The second kappa shape index (κ2) is 7.35. The smallest absolute Gasteiger partial charge is 0.317 e. The highest BCUT2D eigenvalue weighted by Gasteiger charge is 2.28. The number of ether oxygens (including phenoxy) is 1. The molecular weight excluding hydrogens is 308 g/mol. The topological polar surface area (TPSA) is 26.3 Å². The highest BCUT2D eigenvalue weighted by Crippen LogP contribution is 2.37. The van der Waals surface area contributed by atoms with Gasteiger partial charge in [-0.05, 0) is 47.2 Å². The zero-order valence-electron chi connectivity index (χ0n) is 14.8. The van der Waals surface area contributed by atoms with Crippen molar-refractivity contribution < 1.29 is 9.53 Å². The van der Waals surface area contributed by atoms with Gasteiger partial charge in [0.15, 0.2) is 0 Å². The lowest BCUT2D eigenvalue weighted by atomic mass is 9.82. The quantitative estimate of drug-likeness (QED) is 0.609. The molecule has 1 atom stereocenters. The number of aryl methyl sites for hydroxylation is 1. The number of hydrogen-bond donors (Lipinski definition) is 0. The van der Waals surface area contributed by atoms with Gasteiger partial charge < -0.3 is 4.74 Å². The van der Waals surface area contributed by atoms with Crippen LogP contribution in [0.5, 0.6) is 0 Å². The van der Waals surface area contributed by atoms with Gasteiger partial charge in [0, 0.05) is 0 Å². The number of esters is 1. The highest BCUT2D eigenvalue weighted by atomic mass is 16.5. The summed E-state index contributed by atoms with van der Waals surface area (Å²) in [7, 11) is 1.45. The molecule has 0 heterocycles. The van der Waals surface area contributed by atoms with Crippen molar-refractivity contribution in [1.29, 1.82) is 0 Å². The second-order valence-corrected chi connectivity index (χ2v) is 6.20. The molecule has 0 bridgehead atoms. The van der Waals surface area contributed by atoms with Crippen molar-refractivity contribution in [2.45, 2.75) is 19.8 Å². The number of hydrogen-bond acceptors (Lipinski definition) is 2. The summed E-state index contributed by atoms with van der Waals surface area (Å²) in [6.45, 7) is 4.16. The SMILES string of the molecule is COC(=O)C(c1ccccc1)c1c(-c2ccccc2)ccc(C)c1C. The van der Waals surface area contributed by atoms with Crippen LogP contribution < -0.4 is 0 Å². The number of benzene rings is 3. The minimum absolute atomic E-state index is 0.239. The summed E-state index contributed by atoms with van der Waals surface area (Å²) >= 11 is 0. The first-order chi connectivity index (χ1) is 12.1. The Morgan fingerprint density at radius 3 is 2.04 bits per heavy atom. The van der Waals surface area contributed by atoms with E-state index in [4.69, 9.17) is 4.74 Å². The minimum atomic E-state index is -0.443. The summed E-state index contributed by atoms with van der Waals surface area (Å²) in [6.07, 6.45) is 0. The number of carbonyl (C=O) groups excluding carboxylic acids is 1. The van der Waals surface area contributed by atoms with Gasteiger partial charge in [0.2, 0.25) is 0 Å². The van der Waals surface area contributed by atoms with E-state index in [9.17, 15) is 4.79 Å². The molecule has 0 saturated carbocycles. The van der Waals surface area contributed by atoms with Gasteiger partial charge in [-0.3, -0.25) is 4.79 Å². The van der Waals surface area contributed by atoms with Crippen LogP contribution in [-0.4, -0.2) is 13.1 Å². The third kappa shape index (κ3) is 3.34. The fourth-order valence-electron chi connectivity index (χ4n) is 3.26. The van der Waals surface area contributed by atoms with Gasteiger partial charge in [-0.15, -0.1) is 0 Å². The lowest BCUT2D eigenvalue weighted by Crippen LogP contribution is -2.18. The van der Waals surface area contributed by atoms with Gasteiger partial charge in [-0.25, -0.2) is 0 Å². The predicted molar refractivity (Wildman–Crippen MR) is 102 cm³/mol. The van der Waals surface area contributed by atoms with E-state index in [2.05, 4.69) is 38.1 Å². The number of rotatable bonds is 4. The van der Waals surface area contributed by atoms with Gasteiger partial charge in [0.1, 0.15) is 5.92 Å². The van der Waals surface area contributed by atoms with Crippen LogP contribution in [0.25, 0.3) is 11.1 Å². The van der Waals surface area contributed by atoms with Crippen LogP contribution in [0.3, 0.4) is 0 Å². The summed E-state index contributed by atoms with van der Waals surface area (Å²) < 4.78 is 5.17. The van der Waals surface area contributed by atoms with E-state index in [1.54, 1.807) is 0 Å². The predicted octanol–water partition coefficient (Wildman–Crippen LogP) is 5.28. The first kappa shape index (κ1) is 17.0. The van der Waals surface area contributed by atoms with E-state index in [1.807, 2.05) is 48.5 Å². The molecule has 0 amide bonds. The maximum absolute atomic E-state index is 12.7. The summed E-state index contributed by atoms with van der Waals surface area (Å²) in [4.78, 5) is 12.7.